The third kappa shape index (κ3) is 2.77. The summed E-state index contributed by atoms with van der Waals surface area (Å²) in [5, 5.41) is 2.37. The van der Waals surface area contributed by atoms with Gasteiger partial charge in [0.1, 0.15) is 0 Å². The number of nitrogens with two attached hydrogens (primary N) is 1. The van der Waals surface area contributed by atoms with E-state index in [9.17, 15) is 18.0 Å². The number of nitrogen functional groups attached to an aromatic ring is 1. The Morgan fingerprint density at radius 3 is 2.45 bits per heavy atom. The molecule has 7 heteroatoms. The summed E-state index contributed by atoms with van der Waals surface area (Å²) in [5.74, 6) is -5.47. The van der Waals surface area contributed by atoms with Crippen LogP contribution in [0.1, 0.15) is 10.4 Å². The van der Waals surface area contributed by atoms with E-state index in [-0.39, 0.29) is 0 Å². The molecule has 2 rings (SSSR count). The lowest BCUT2D eigenvalue weighted by Gasteiger charge is -2.09. The maximum atomic E-state index is 13.5. The van der Waals surface area contributed by atoms with E-state index in [2.05, 4.69) is 21.2 Å². The maximum absolute atomic E-state index is 13.5. The molecular weight excluding hydrogens is 337 g/mol. The molecule has 0 unspecified atom stereocenters. The van der Waals surface area contributed by atoms with Crippen molar-refractivity contribution < 1.29 is 18.0 Å². The molecule has 1 amide bonds. The summed E-state index contributed by atoms with van der Waals surface area (Å²) >= 11 is 3.17. The molecule has 0 spiro atoms. The van der Waals surface area contributed by atoms with Gasteiger partial charge in [-0.15, -0.1) is 0 Å². The van der Waals surface area contributed by atoms with Crippen LogP contribution in [0.25, 0.3) is 0 Å². The molecule has 3 nitrogen and oxygen atoms in total. The zero-order chi connectivity index (χ0) is 14.9. The molecule has 3 N–H and O–H groups in total. The van der Waals surface area contributed by atoms with Gasteiger partial charge in [0, 0.05) is 10.2 Å². The number of carbonyl (C=O) groups excluding carboxylic acids is 1. The molecule has 2 aromatic carbocycles. The average Bonchev–Trinajstić information content (AvgIpc) is 2.39. The van der Waals surface area contributed by atoms with E-state index < -0.39 is 28.9 Å². The molecule has 0 saturated carbocycles. The van der Waals surface area contributed by atoms with Gasteiger partial charge in [-0.25, -0.2) is 13.2 Å². The normalized spacial score (nSPS) is 10.4. The molecule has 0 aliphatic heterocycles. The Balaban J connectivity index is 2.31. The lowest BCUT2D eigenvalue weighted by Crippen LogP contribution is -2.15. The van der Waals surface area contributed by atoms with Gasteiger partial charge in [-0.1, -0.05) is 0 Å². The molecule has 0 atom stereocenters. The van der Waals surface area contributed by atoms with Crippen molar-refractivity contribution in [2.75, 3.05) is 11.1 Å². The van der Waals surface area contributed by atoms with Crippen LogP contribution in [0.4, 0.5) is 24.5 Å². The average molecular weight is 345 g/mol. The highest BCUT2D eigenvalue weighted by atomic mass is 79.9. The van der Waals surface area contributed by atoms with Gasteiger partial charge in [0.15, 0.2) is 17.5 Å². The largest absolute Gasteiger partial charge is 0.399 e. The van der Waals surface area contributed by atoms with Crippen molar-refractivity contribution in [2.45, 2.75) is 0 Å². The Bertz CT molecular complexity index is 692. The molecular formula is C13H8BrF3N2O. The first-order chi connectivity index (χ1) is 9.40. The second-order valence-corrected chi connectivity index (χ2v) is 4.77. The summed E-state index contributed by atoms with van der Waals surface area (Å²) in [6, 6.07) is 6.12. The number of amides is 1. The molecule has 0 saturated heterocycles. The van der Waals surface area contributed by atoms with Gasteiger partial charge in [0.05, 0.1) is 11.3 Å². The molecule has 0 aliphatic carbocycles. The summed E-state index contributed by atoms with van der Waals surface area (Å²) < 4.78 is 39.8. The van der Waals surface area contributed by atoms with E-state index in [1.165, 1.54) is 18.2 Å². The molecule has 20 heavy (non-hydrogen) atoms. The topological polar surface area (TPSA) is 55.1 Å². The smallest absolute Gasteiger partial charge is 0.258 e. The molecule has 0 fully saturated rings. The fourth-order valence-corrected chi connectivity index (χ4v) is 2.02. The minimum absolute atomic E-state index is 0.327. The lowest BCUT2D eigenvalue weighted by molar-refractivity contribution is 0.102. The second-order valence-electron chi connectivity index (χ2n) is 3.92. The minimum Gasteiger partial charge on any atom is -0.399 e. The molecule has 0 aromatic heterocycles. The standard InChI is InChI=1S/C13H8BrF3N2O/c14-8-5-6(18)1-4-10(8)19-13(20)7-2-3-9(15)12(17)11(7)16/h1-5H,18H2,(H,19,20). The number of nitrogens with one attached hydrogen (secondary N) is 1. The van der Waals surface area contributed by atoms with E-state index in [1.807, 2.05) is 0 Å². The molecule has 0 aliphatic rings. The predicted octanol–water partition coefficient (Wildman–Crippen LogP) is 3.70. The summed E-state index contributed by atoms with van der Waals surface area (Å²) in [4.78, 5) is 11.8. The van der Waals surface area contributed by atoms with Crippen LogP contribution in [-0.4, -0.2) is 5.91 Å². The van der Waals surface area contributed by atoms with Gasteiger partial charge in [-0.05, 0) is 46.3 Å². The van der Waals surface area contributed by atoms with Gasteiger partial charge < -0.3 is 11.1 Å². The molecule has 0 radical (unpaired) electrons. The molecule has 2 aromatic rings. The van der Waals surface area contributed by atoms with Crippen molar-refractivity contribution in [1.82, 2.24) is 0 Å². The van der Waals surface area contributed by atoms with Crippen LogP contribution in [0.2, 0.25) is 0 Å². The molecule has 0 bridgehead atoms. The monoisotopic (exact) mass is 344 g/mol. The Labute approximate surface area is 120 Å². The van der Waals surface area contributed by atoms with E-state index in [0.717, 1.165) is 6.07 Å². The van der Waals surface area contributed by atoms with E-state index in [4.69, 9.17) is 5.73 Å². The van der Waals surface area contributed by atoms with Gasteiger partial charge in [0.25, 0.3) is 5.91 Å². The van der Waals surface area contributed by atoms with Gasteiger partial charge in [-0.2, -0.15) is 0 Å². The lowest BCUT2D eigenvalue weighted by atomic mass is 10.1. The van der Waals surface area contributed by atoms with Crippen LogP contribution >= 0.6 is 15.9 Å². The van der Waals surface area contributed by atoms with E-state index >= 15 is 0 Å². The zero-order valence-corrected chi connectivity index (χ0v) is 11.5. The number of halogens is 4. The number of carbonyl (C=O) groups is 1. The number of anilines is 2. The van der Waals surface area contributed by atoms with Gasteiger partial charge in [-0.3, -0.25) is 4.79 Å². The molecule has 104 valence electrons. The van der Waals surface area contributed by atoms with Crippen LogP contribution in [0.15, 0.2) is 34.8 Å². The van der Waals surface area contributed by atoms with Crippen LogP contribution in [0.5, 0.6) is 0 Å². The highest BCUT2D eigenvalue weighted by Crippen LogP contribution is 2.25. The first-order valence-corrected chi connectivity index (χ1v) is 6.19. The second kappa shape index (κ2) is 5.54. The highest BCUT2D eigenvalue weighted by Gasteiger charge is 2.19. The van der Waals surface area contributed by atoms with Crippen LogP contribution in [0.3, 0.4) is 0 Å². The van der Waals surface area contributed by atoms with Crippen LogP contribution < -0.4 is 11.1 Å². The van der Waals surface area contributed by atoms with Crippen molar-refractivity contribution in [3.63, 3.8) is 0 Å². The summed E-state index contributed by atoms with van der Waals surface area (Å²) in [6.45, 7) is 0. The van der Waals surface area contributed by atoms with E-state index in [1.54, 1.807) is 0 Å². The Morgan fingerprint density at radius 1 is 1.10 bits per heavy atom. The first kappa shape index (κ1) is 14.4. The van der Waals surface area contributed by atoms with Gasteiger partial charge in [0.2, 0.25) is 0 Å². The van der Waals surface area contributed by atoms with E-state index in [0.29, 0.717) is 21.9 Å². The number of benzene rings is 2. The molecule has 0 heterocycles. The van der Waals surface area contributed by atoms with Crippen LogP contribution in [0, 0.1) is 17.5 Å². The summed E-state index contributed by atoms with van der Waals surface area (Å²) in [6.07, 6.45) is 0. The Kier molecular flexibility index (Phi) is 3.99. The number of rotatable bonds is 2. The third-order valence-electron chi connectivity index (χ3n) is 2.52. The van der Waals surface area contributed by atoms with Crippen molar-refractivity contribution in [3.8, 4) is 0 Å². The first-order valence-electron chi connectivity index (χ1n) is 5.40. The maximum Gasteiger partial charge on any atom is 0.258 e. The predicted molar refractivity (Wildman–Crippen MR) is 72.8 cm³/mol. The SMILES string of the molecule is Nc1ccc(NC(=O)c2ccc(F)c(F)c2F)c(Br)c1. The summed E-state index contributed by atoms with van der Waals surface area (Å²) in [5.41, 5.74) is 5.74. The van der Waals surface area contributed by atoms with Gasteiger partial charge >= 0.3 is 0 Å². The van der Waals surface area contributed by atoms with Crippen molar-refractivity contribution in [2.24, 2.45) is 0 Å². The Hall–Kier alpha value is -2.02. The third-order valence-corrected chi connectivity index (χ3v) is 3.18. The van der Waals surface area contributed by atoms with Crippen LogP contribution in [-0.2, 0) is 0 Å². The quantitative estimate of drug-likeness (QED) is 0.644. The number of hydrogen-bond acceptors (Lipinski definition) is 2. The summed E-state index contributed by atoms with van der Waals surface area (Å²) in [7, 11) is 0. The Morgan fingerprint density at radius 2 is 1.80 bits per heavy atom. The van der Waals surface area contributed by atoms with Crippen molar-refractivity contribution in [1.29, 1.82) is 0 Å². The minimum atomic E-state index is -1.69. The highest BCUT2D eigenvalue weighted by molar-refractivity contribution is 9.10. The number of hydrogen-bond donors (Lipinski definition) is 2. The van der Waals surface area contributed by atoms with Crippen molar-refractivity contribution in [3.05, 3.63) is 57.8 Å². The fraction of sp³-hybridized carbons (Fsp3) is 0. The zero-order valence-electron chi connectivity index (χ0n) is 9.88. The van der Waals surface area contributed by atoms with Crippen molar-refractivity contribution >= 4 is 33.2 Å². The fourth-order valence-electron chi connectivity index (χ4n) is 1.52.